The zero-order valence-corrected chi connectivity index (χ0v) is 11.6. The largest absolute Gasteiger partial charge is 0.317 e. The molecule has 1 atom stereocenters. The Labute approximate surface area is 120 Å². The van der Waals surface area contributed by atoms with Crippen LogP contribution in [0.5, 0.6) is 0 Å². The number of carbonyl (C=O) groups is 3. The fourth-order valence-electron chi connectivity index (χ4n) is 2.10. The summed E-state index contributed by atoms with van der Waals surface area (Å²) in [5.41, 5.74) is 0.192. The Morgan fingerprint density at radius 1 is 1.50 bits per heavy atom. The maximum atomic E-state index is 13.2. The van der Waals surface area contributed by atoms with Crippen LogP contribution < -0.4 is 5.32 Å². The average molecular weight is 296 g/mol. The summed E-state index contributed by atoms with van der Waals surface area (Å²) in [6, 6.07) is 3.02. The summed E-state index contributed by atoms with van der Waals surface area (Å²) in [5.74, 6) is -2.05. The summed E-state index contributed by atoms with van der Waals surface area (Å²) < 4.78 is 13.2. The lowest BCUT2D eigenvalue weighted by molar-refractivity contribution is -0.138. The first-order chi connectivity index (χ1) is 9.43. The molecule has 106 valence electrons. The maximum absolute atomic E-state index is 13.2. The van der Waals surface area contributed by atoms with E-state index in [1.54, 1.807) is 6.92 Å². The highest BCUT2D eigenvalue weighted by Crippen LogP contribution is 2.18. The van der Waals surface area contributed by atoms with Gasteiger partial charge in [-0.2, -0.15) is 0 Å². The SMILES string of the molecule is CCC1C(=O)NC(=O)CN1C(=O)c1ccc(F)c(S)c1. The number of carbonyl (C=O) groups excluding carboxylic acids is 3. The van der Waals surface area contributed by atoms with E-state index in [1.165, 1.54) is 17.0 Å². The smallest absolute Gasteiger partial charge is 0.255 e. The van der Waals surface area contributed by atoms with Crippen molar-refractivity contribution in [3.8, 4) is 0 Å². The van der Waals surface area contributed by atoms with E-state index in [1.807, 2.05) is 0 Å². The second-order valence-corrected chi connectivity index (χ2v) is 4.92. The molecule has 1 saturated heterocycles. The number of nitrogens with one attached hydrogen (secondary N) is 1. The molecule has 1 fully saturated rings. The summed E-state index contributed by atoms with van der Waals surface area (Å²) >= 11 is 3.91. The van der Waals surface area contributed by atoms with Crippen molar-refractivity contribution in [3.05, 3.63) is 29.6 Å². The molecular formula is C13H13FN2O3S. The van der Waals surface area contributed by atoms with Gasteiger partial charge in [0.15, 0.2) is 0 Å². The number of hydrogen-bond acceptors (Lipinski definition) is 4. The fourth-order valence-corrected chi connectivity index (χ4v) is 2.31. The van der Waals surface area contributed by atoms with Gasteiger partial charge in [-0.1, -0.05) is 6.92 Å². The molecule has 20 heavy (non-hydrogen) atoms. The van der Waals surface area contributed by atoms with Crippen LogP contribution >= 0.6 is 12.6 Å². The zero-order valence-electron chi connectivity index (χ0n) is 10.7. The van der Waals surface area contributed by atoms with Gasteiger partial charge in [-0.15, -0.1) is 12.6 Å². The third-order valence-corrected chi connectivity index (χ3v) is 3.44. The second kappa shape index (κ2) is 5.62. The van der Waals surface area contributed by atoms with Crippen molar-refractivity contribution in [3.63, 3.8) is 0 Å². The van der Waals surface area contributed by atoms with Crippen LogP contribution in [0.4, 0.5) is 4.39 Å². The molecule has 0 aliphatic carbocycles. The van der Waals surface area contributed by atoms with Gasteiger partial charge in [0.1, 0.15) is 18.4 Å². The van der Waals surface area contributed by atoms with Crippen LogP contribution in [-0.4, -0.2) is 35.2 Å². The number of rotatable bonds is 2. The van der Waals surface area contributed by atoms with Gasteiger partial charge in [0.2, 0.25) is 11.8 Å². The summed E-state index contributed by atoms with van der Waals surface area (Å²) in [6.07, 6.45) is 0.389. The minimum Gasteiger partial charge on any atom is -0.317 e. The van der Waals surface area contributed by atoms with Gasteiger partial charge in [-0.05, 0) is 24.6 Å². The van der Waals surface area contributed by atoms with Crippen LogP contribution in [0.1, 0.15) is 23.7 Å². The van der Waals surface area contributed by atoms with Gasteiger partial charge >= 0.3 is 0 Å². The van der Waals surface area contributed by atoms with E-state index in [2.05, 4.69) is 17.9 Å². The van der Waals surface area contributed by atoms with E-state index in [0.717, 1.165) is 6.07 Å². The molecule has 1 aliphatic heterocycles. The summed E-state index contributed by atoms with van der Waals surface area (Å²) in [6.45, 7) is 1.55. The van der Waals surface area contributed by atoms with Crippen molar-refractivity contribution in [2.75, 3.05) is 6.54 Å². The lowest BCUT2D eigenvalue weighted by Gasteiger charge is -2.33. The Morgan fingerprint density at radius 3 is 2.80 bits per heavy atom. The topological polar surface area (TPSA) is 66.5 Å². The second-order valence-electron chi connectivity index (χ2n) is 4.44. The van der Waals surface area contributed by atoms with Crippen molar-refractivity contribution < 1.29 is 18.8 Å². The predicted molar refractivity (Wildman–Crippen MR) is 71.9 cm³/mol. The molecule has 0 spiro atoms. The van der Waals surface area contributed by atoms with Crippen LogP contribution in [-0.2, 0) is 9.59 Å². The molecule has 1 heterocycles. The van der Waals surface area contributed by atoms with E-state index in [9.17, 15) is 18.8 Å². The maximum Gasteiger partial charge on any atom is 0.255 e. The Hall–Kier alpha value is -1.89. The van der Waals surface area contributed by atoms with Crippen molar-refractivity contribution in [2.45, 2.75) is 24.3 Å². The highest BCUT2D eigenvalue weighted by Gasteiger charge is 2.35. The van der Waals surface area contributed by atoms with E-state index >= 15 is 0 Å². The van der Waals surface area contributed by atoms with Gasteiger partial charge in [0.05, 0.1) is 0 Å². The van der Waals surface area contributed by atoms with Gasteiger partial charge in [-0.25, -0.2) is 4.39 Å². The number of imide groups is 1. The molecule has 0 bridgehead atoms. The van der Waals surface area contributed by atoms with E-state index in [-0.39, 0.29) is 17.0 Å². The van der Waals surface area contributed by atoms with Crippen molar-refractivity contribution in [1.29, 1.82) is 0 Å². The zero-order chi connectivity index (χ0) is 14.9. The number of thiol groups is 1. The first kappa shape index (κ1) is 14.5. The minimum atomic E-state index is -0.700. The molecule has 1 aromatic rings. The van der Waals surface area contributed by atoms with Crippen molar-refractivity contribution in [1.82, 2.24) is 10.2 Å². The molecule has 5 nitrogen and oxygen atoms in total. The number of benzene rings is 1. The molecular weight excluding hydrogens is 283 g/mol. The molecule has 7 heteroatoms. The number of hydrogen-bond donors (Lipinski definition) is 2. The van der Waals surface area contributed by atoms with Crippen molar-refractivity contribution in [2.24, 2.45) is 0 Å². The number of halogens is 1. The molecule has 2 rings (SSSR count). The lowest BCUT2D eigenvalue weighted by atomic mass is 10.1. The molecule has 0 radical (unpaired) electrons. The van der Waals surface area contributed by atoms with E-state index < -0.39 is 29.6 Å². The van der Waals surface area contributed by atoms with Gasteiger partial charge < -0.3 is 4.90 Å². The average Bonchev–Trinajstić information content (AvgIpc) is 2.40. The van der Waals surface area contributed by atoms with Crippen LogP contribution in [0, 0.1) is 5.82 Å². The number of amides is 3. The van der Waals surface area contributed by atoms with Crippen LogP contribution in [0.3, 0.4) is 0 Å². The molecule has 1 N–H and O–H groups in total. The standard InChI is InChI=1S/C13H13FN2O3S/c1-2-9-12(18)15-11(17)6-16(9)13(19)7-3-4-8(14)10(20)5-7/h3-5,9,20H,2,6H2,1H3,(H,15,17,18). The quantitative estimate of drug-likeness (QED) is 0.632. The molecule has 1 unspecified atom stereocenters. The van der Waals surface area contributed by atoms with Gasteiger partial charge in [0, 0.05) is 10.5 Å². The Morgan fingerprint density at radius 2 is 2.20 bits per heavy atom. The normalized spacial score (nSPS) is 18.9. The van der Waals surface area contributed by atoms with Gasteiger partial charge in [-0.3, -0.25) is 19.7 Å². The number of nitrogens with zero attached hydrogens (tertiary/aromatic N) is 1. The van der Waals surface area contributed by atoms with Crippen LogP contribution in [0.15, 0.2) is 23.1 Å². The Kier molecular flexibility index (Phi) is 4.08. The minimum absolute atomic E-state index is 0.0386. The van der Waals surface area contributed by atoms with Crippen LogP contribution in [0.25, 0.3) is 0 Å². The van der Waals surface area contributed by atoms with E-state index in [4.69, 9.17) is 0 Å². The fraction of sp³-hybridized carbons (Fsp3) is 0.308. The third-order valence-electron chi connectivity index (χ3n) is 3.10. The highest BCUT2D eigenvalue weighted by atomic mass is 32.1. The summed E-state index contributed by atoms with van der Waals surface area (Å²) in [5, 5.41) is 2.19. The first-order valence-corrected chi connectivity index (χ1v) is 6.52. The molecule has 1 aliphatic rings. The summed E-state index contributed by atoms with van der Waals surface area (Å²) in [4.78, 5) is 36.7. The summed E-state index contributed by atoms with van der Waals surface area (Å²) in [7, 11) is 0. The third kappa shape index (κ3) is 2.67. The number of piperazine rings is 1. The first-order valence-electron chi connectivity index (χ1n) is 6.07. The predicted octanol–water partition coefficient (Wildman–Crippen LogP) is 0.992. The lowest BCUT2D eigenvalue weighted by Crippen LogP contribution is -2.59. The monoisotopic (exact) mass is 296 g/mol. The Balaban J connectivity index is 2.32. The molecule has 3 amide bonds. The highest BCUT2D eigenvalue weighted by molar-refractivity contribution is 7.80. The molecule has 0 saturated carbocycles. The van der Waals surface area contributed by atoms with Crippen molar-refractivity contribution >= 4 is 30.4 Å². The van der Waals surface area contributed by atoms with E-state index in [0.29, 0.717) is 6.42 Å². The molecule has 1 aromatic carbocycles. The molecule has 0 aromatic heterocycles. The van der Waals surface area contributed by atoms with Crippen LogP contribution in [0.2, 0.25) is 0 Å². The Bertz CT molecular complexity index is 591. The van der Waals surface area contributed by atoms with Gasteiger partial charge in [0.25, 0.3) is 5.91 Å².